The third-order valence-electron chi connectivity index (χ3n) is 5.22. The molecule has 1 atom stereocenters. The zero-order chi connectivity index (χ0) is 22.0. The second kappa shape index (κ2) is 8.47. The SMILES string of the molecule is COC(=O)c1cccc(NC(=O)N2CCc3[nH]cnc3C2c2ccc(OC)cc2F)c1. The van der Waals surface area contributed by atoms with Crippen LogP contribution in [-0.4, -0.2) is 47.6 Å². The summed E-state index contributed by atoms with van der Waals surface area (Å²) in [5.74, 6) is -0.617. The zero-order valence-corrected chi connectivity index (χ0v) is 17.0. The summed E-state index contributed by atoms with van der Waals surface area (Å²) in [6.45, 7) is 0.355. The first kappa shape index (κ1) is 20.4. The van der Waals surface area contributed by atoms with Gasteiger partial charge in [-0.05, 0) is 30.3 Å². The van der Waals surface area contributed by atoms with Crippen molar-refractivity contribution in [3.63, 3.8) is 0 Å². The van der Waals surface area contributed by atoms with Crippen LogP contribution in [0.5, 0.6) is 5.75 Å². The van der Waals surface area contributed by atoms with Gasteiger partial charge < -0.3 is 24.7 Å². The van der Waals surface area contributed by atoms with Gasteiger partial charge in [-0.25, -0.2) is 19.0 Å². The highest BCUT2D eigenvalue weighted by Gasteiger charge is 2.35. The van der Waals surface area contributed by atoms with Gasteiger partial charge in [0.15, 0.2) is 0 Å². The molecule has 2 amide bonds. The number of nitrogens with zero attached hydrogens (tertiary/aromatic N) is 2. The lowest BCUT2D eigenvalue weighted by Gasteiger charge is -2.35. The maximum atomic E-state index is 14.9. The van der Waals surface area contributed by atoms with Crippen molar-refractivity contribution in [2.24, 2.45) is 0 Å². The third-order valence-corrected chi connectivity index (χ3v) is 5.22. The number of H-pyrrole nitrogens is 1. The van der Waals surface area contributed by atoms with Gasteiger partial charge in [0, 0.05) is 36.0 Å². The van der Waals surface area contributed by atoms with Gasteiger partial charge in [-0.3, -0.25) is 0 Å². The molecule has 2 heterocycles. The number of methoxy groups -OCH3 is 2. The Labute approximate surface area is 178 Å². The normalized spacial score (nSPS) is 15.2. The van der Waals surface area contributed by atoms with E-state index in [1.54, 1.807) is 36.7 Å². The van der Waals surface area contributed by atoms with Crippen molar-refractivity contribution in [3.8, 4) is 5.75 Å². The van der Waals surface area contributed by atoms with Crippen molar-refractivity contribution >= 4 is 17.7 Å². The Bertz CT molecular complexity index is 1130. The average molecular weight is 424 g/mol. The van der Waals surface area contributed by atoms with E-state index in [-0.39, 0.29) is 0 Å². The summed E-state index contributed by atoms with van der Waals surface area (Å²) < 4.78 is 24.8. The highest BCUT2D eigenvalue weighted by molar-refractivity contribution is 5.94. The molecule has 31 heavy (non-hydrogen) atoms. The van der Waals surface area contributed by atoms with Gasteiger partial charge in [0.25, 0.3) is 0 Å². The molecule has 0 aliphatic carbocycles. The molecule has 0 saturated heterocycles. The summed E-state index contributed by atoms with van der Waals surface area (Å²) in [4.78, 5) is 33.9. The van der Waals surface area contributed by atoms with Crippen LogP contribution < -0.4 is 10.1 Å². The summed E-state index contributed by atoms with van der Waals surface area (Å²) in [6.07, 6.45) is 2.10. The van der Waals surface area contributed by atoms with E-state index in [2.05, 4.69) is 15.3 Å². The molecule has 1 unspecified atom stereocenters. The third kappa shape index (κ3) is 3.94. The Morgan fingerprint density at radius 2 is 2.06 bits per heavy atom. The standard InChI is InChI=1S/C22H21FN4O4/c1-30-15-6-7-16(17(23)11-15)20-19-18(24-12-25-19)8-9-27(20)22(29)26-14-5-3-4-13(10-14)21(28)31-2/h3-7,10-12,20H,8-9H2,1-2H3,(H,24,25)(H,26,29). The first-order chi connectivity index (χ1) is 15.0. The van der Waals surface area contributed by atoms with Crippen molar-refractivity contribution < 1.29 is 23.5 Å². The van der Waals surface area contributed by atoms with Crippen LogP contribution in [0.1, 0.15) is 33.4 Å². The Balaban J connectivity index is 1.66. The number of imidazole rings is 1. The van der Waals surface area contributed by atoms with Crippen molar-refractivity contribution in [1.82, 2.24) is 14.9 Å². The predicted octanol–water partition coefficient (Wildman–Crippen LogP) is 3.52. The van der Waals surface area contributed by atoms with Gasteiger partial charge in [-0.2, -0.15) is 0 Å². The number of aromatic amines is 1. The van der Waals surface area contributed by atoms with Gasteiger partial charge in [0.2, 0.25) is 0 Å². The van der Waals surface area contributed by atoms with E-state index in [4.69, 9.17) is 9.47 Å². The first-order valence-electron chi connectivity index (χ1n) is 9.63. The van der Waals surface area contributed by atoms with E-state index in [1.807, 2.05) is 0 Å². The monoisotopic (exact) mass is 424 g/mol. The minimum Gasteiger partial charge on any atom is -0.497 e. The number of rotatable bonds is 4. The number of urea groups is 1. The van der Waals surface area contributed by atoms with Crippen LogP contribution in [0.4, 0.5) is 14.9 Å². The smallest absolute Gasteiger partial charge is 0.337 e. The number of carbonyl (C=O) groups is 2. The average Bonchev–Trinajstić information content (AvgIpc) is 3.27. The summed E-state index contributed by atoms with van der Waals surface area (Å²) in [5, 5.41) is 2.79. The molecule has 2 aromatic carbocycles. The number of carbonyl (C=O) groups excluding carboxylic acids is 2. The number of esters is 1. The number of amides is 2. The van der Waals surface area contributed by atoms with E-state index in [9.17, 15) is 14.0 Å². The van der Waals surface area contributed by atoms with Crippen LogP contribution in [0.25, 0.3) is 0 Å². The number of aromatic nitrogens is 2. The molecule has 0 saturated carbocycles. The second-order valence-corrected chi connectivity index (χ2v) is 7.00. The minimum atomic E-state index is -0.718. The van der Waals surface area contributed by atoms with Gasteiger partial charge >= 0.3 is 12.0 Å². The molecule has 0 radical (unpaired) electrons. The highest BCUT2D eigenvalue weighted by atomic mass is 19.1. The van der Waals surface area contributed by atoms with Crippen LogP contribution in [0.3, 0.4) is 0 Å². The van der Waals surface area contributed by atoms with Crippen molar-refractivity contribution in [2.45, 2.75) is 12.5 Å². The summed E-state index contributed by atoms with van der Waals surface area (Å²) >= 11 is 0. The minimum absolute atomic E-state index is 0.311. The molecule has 9 heteroatoms. The number of benzene rings is 2. The largest absolute Gasteiger partial charge is 0.497 e. The molecule has 160 valence electrons. The van der Waals surface area contributed by atoms with Gasteiger partial charge in [-0.15, -0.1) is 0 Å². The number of ether oxygens (including phenoxy) is 2. The lowest BCUT2D eigenvalue weighted by atomic mass is 9.95. The van der Waals surface area contributed by atoms with Crippen LogP contribution in [-0.2, 0) is 11.2 Å². The number of fused-ring (bicyclic) bond motifs is 1. The number of halogens is 1. The van der Waals surface area contributed by atoms with Crippen LogP contribution in [0, 0.1) is 5.82 Å². The molecular weight excluding hydrogens is 403 g/mol. The molecule has 1 aliphatic rings. The van der Waals surface area contributed by atoms with Crippen molar-refractivity contribution in [3.05, 3.63) is 77.1 Å². The van der Waals surface area contributed by atoms with Crippen LogP contribution in [0.15, 0.2) is 48.8 Å². The number of hydrogen-bond acceptors (Lipinski definition) is 5. The van der Waals surface area contributed by atoms with Crippen LogP contribution in [0.2, 0.25) is 0 Å². The van der Waals surface area contributed by atoms with Gasteiger partial charge in [0.1, 0.15) is 17.6 Å². The van der Waals surface area contributed by atoms with E-state index < -0.39 is 23.9 Å². The number of nitrogens with one attached hydrogen (secondary N) is 2. The summed E-state index contributed by atoms with van der Waals surface area (Å²) in [6, 6.07) is 9.80. The molecule has 1 aliphatic heterocycles. The predicted molar refractivity (Wildman–Crippen MR) is 111 cm³/mol. The molecule has 4 rings (SSSR count). The highest BCUT2D eigenvalue weighted by Crippen LogP contribution is 2.36. The number of hydrogen-bond donors (Lipinski definition) is 2. The molecule has 2 N–H and O–H groups in total. The Kier molecular flexibility index (Phi) is 5.57. The quantitative estimate of drug-likeness (QED) is 0.625. The molecule has 1 aromatic heterocycles. The van der Waals surface area contributed by atoms with E-state index in [0.29, 0.717) is 41.2 Å². The van der Waals surface area contributed by atoms with Crippen molar-refractivity contribution in [2.75, 3.05) is 26.1 Å². The fourth-order valence-electron chi connectivity index (χ4n) is 3.70. The van der Waals surface area contributed by atoms with Crippen molar-refractivity contribution in [1.29, 1.82) is 0 Å². The lowest BCUT2D eigenvalue weighted by molar-refractivity contribution is 0.0600. The summed E-state index contributed by atoms with van der Waals surface area (Å²) in [7, 11) is 2.75. The molecule has 0 fully saturated rings. The molecule has 8 nitrogen and oxygen atoms in total. The van der Waals surface area contributed by atoms with E-state index in [1.165, 1.54) is 31.3 Å². The molecule has 0 bridgehead atoms. The Hall–Kier alpha value is -3.88. The Morgan fingerprint density at radius 1 is 1.23 bits per heavy atom. The maximum absolute atomic E-state index is 14.9. The fraction of sp³-hybridized carbons (Fsp3) is 0.227. The summed E-state index contributed by atoms with van der Waals surface area (Å²) in [5.41, 5.74) is 2.50. The van der Waals surface area contributed by atoms with Gasteiger partial charge in [0.05, 0.1) is 31.8 Å². The second-order valence-electron chi connectivity index (χ2n) is 7.00. The van der Waals surface area contributed by atoms with E-state index in [0.717, 1.165) is 5.69 Å². The first-order valence-corrected chi connectivity index (χ1v) is 9.63. The Morgan fingerprint density at radius 3 is 2.81 bits per heavy atom. The lowest BCUT2D eigenvalue weighted by Crippen LogP contribution is -2.43. The van der Waals surface area contributed by atoms with Crippen LogP contribution >= 0.6 is 0 Å². The van der Waals surface area contributed by atoms with Gasteiger partial charge in [-0.1, -0.05) is 6.07 Å². The molecule has 0 spiro atoms. The molecule has 3 aromatic rings. The fourth-order valence-corrected chi connectivity index (χ4v) is 3.70. The topological polar surface area (TPSA) is 96.6 Å². The molecular formula is C22H21FN4O4. The zero-order valence-electron chi connectivity index (χ0n) is 17.0. The van der Waals surface area contributed by atoms with E-state index >= 15 is 0 Å². The maximum Gasteiger partial charge on any atom is 0.337 e. The number of anilines is 1.